The molecule has 0 radical (unpaired) electrons. The van der Waals surface area contributed by atoms with Gasteiger partial charge in [0, 0.05) is 5.56 Å². The molecule has 0 fully saturated rings. The first-order chi connectivity index (χ1) is 7.16. The maximum Gasteiger partial charge on any atom is 0.266 e. The van der Waals surface area contributed by atoms with Crippen LogP contribution in [0.5, 0.6) is 0 Å². The molecule has 0 saturated carbocycles. The molecule has 1 N–H and O–H groups in total. The molecule has 15 heavy (non-hydrogen) atoms. The Balaban J connectivity index is 2.55. The number of nitrogens with one attached hydrogen (secondary N) is 1. The van der Waals surface area contributed by atoms with Gasteiger partial charge in [-0.3, -0.25) is 9.78 Å². The second kappa shape index (κ2) is 3.65. The van der Waals surface area contributed by atoms with Crippen LogP contribution in [0.4, 0.5) is 4.39 Å². The number of aromatic nitrogens is 2. The maximum atomic E-state index is 13.3. The average Bonchev–Trinajstić information content (AvgIpc) is 2.22. The summed E-state index contributed by atoms with van der Waals surface area (Å²) in [5.74, 6) is -0.294. The first-order valence-corrected chi connectivity index (χ1v) is 4.47. The van der Waals surface area contributed by atoms with Crippen molar-refractivity contribution in [3.63, 3.8) is 0 Å². The highest BCUT2D eigenvalue weighted by molar-refractivity contribution is 5.58. The van der Waals surface area contributed by atoms with Crippen LogP contribution in [0.3, 0.4) is 0 Å². The van der Waals surface area contributed by atoms with Crippen LogP contribution >= 0.6 is 0 Å². The van der Waals surface area contributed by atoms with E-state index in [0.29, 0.717) is 16.8 Å². The van der Waals surface area contributed by atoms with Gasteiger partial charge < -0.3 is 4.98 Å². The third-order valence-electron chi connectivity index (χ3n) is 2.14. The Morgan fingerprint density at radius 2 is 2.13 bits per heavy atom. The van der Waals surface area contributed by atoms with Gasteiger partial charge in [-0.15, -0.1) is 0 Å². The first kappa shape index (κ1) is 9.58. The summed E-state index contributed by atoms with van der Waals surface area (Å²) in [4.78, 5) is 17.3. The summed E-state index contributed by atoms with van der Waals surface area (Å²) in [5, 5.41) is 0. The molecule has 76 valence electrons. The molecule has 0 unspecified atom stereocenters. The van der Waals surface area contributed by atoms with Gasteiger partial charge in [0.05, 0.1) is 18.1 Å². The second-order valence-electron chi connectivity index (χ2n) is 3.27. The smallest absolute Gasteiger partial charge is 0.266 e. The minimum Gasteiger partial charge on any atom is -0.319 e. The van der Waals surface area contributed by atoms with E-state index in [-0.39, 0.29) is 11.4 Å². The van der Waals surface area contributed by atoms with Crippen LogP contribution in [0.1, 0.15) is 5.56 Å². The third kappa shape index (κ3) is 1.93. The normalized spacial score (nSPS) is 10.3. The van der Waals surface area contributed by atoms with E-state index in [1.54, 1.807) is 19.1 Å². The zero-order valence-electron chi connectivity index (χ0n) is 8.12. The van der Waals surface area contributed by atoms with E-state index >= 15 is 0 Å². The SMILES string of the molecule is Cc1ccc(-c2cncc(=O)[nH]2)cc1F. The number of H-pyrrole nitrogens is 1. The van der Waals surface area contributed by atoms with Crippen molar-refractivity contribution in [2.24, 2.45) is 0 Å². The molecule has 0 aliphatic heterocycles. The summed E-state index contributed by atoms with van der Waals surface area (Å²) in [6.07, 6.45) is 2.67. The Hall–Kier alpha value is -1.97. The molecule has 0 atom stereocenters. The number of nitrogens with zero attached hydrogens (tertiary/aromatic N) is 1. The van der Waals surface area contributed by atoms with Crippen molar-refractivity contribution in [3.05, 3.63) is 52.3 Å². The Kier molecular flexibility index (Phi) is 2.33. The van der Waals surface area contributed by atoms with Crippen molar-refractivity contribution < 1.29 is 4.39 Å². The fourth-order valence-corrected chi connectivity index (χ4v) is 1.28. The molecular formula is C11H9FN2O. The predicted molar refractivity (Wildman–Crippen MR) is 55.0 cm³/mol. The molecule has 1 heterocycles. The molecule has 1 aromatic heterocycles. The summed E-state index contributed by atoms with van der Waals surface area (Å²) in [5.41, 5.74) is 1.41. The van der Waals surface area contributed by atoms with Gasteiger partial charge in [0.2, 0.25) is 0 Å². The van der Waals surface area contributed by atoms with Gasteiger partial charge in [-0.05, 0) is 18.6 Å². The lowest BCUT2D eigenvalue weighted by atomic mass is 10.1. The highest BCUT2D eigenvalue weighted by Gasteiger charge is 2.02. The van der Waals surface area contributed by atoms with Crippen molar-refractivity contribution in [2.45, 2.75) is 6.92 Å². The van der Waals surface area contributed by atoms with E-state index in [4.69, 9.17) is 0 Å². The fourth-order valence-electron chi connectivity index (χ4n) is 1.28. The molecular weight excluding hydrogens is 195 g/mol. The van der Waals surface area contributed by atoms with Crippen molar-refractivity contribution >= 4 is 0 Å². The molecule has 2 rings (SSSR count). The number of benzene rings is 1. The van der Waals surface area contributed by atoms with Crippen molar-refractivity contribution in [1.82, 2.24) is 9.97 Å². The fraction of sp³-hybridized carbons (Fsp3) is 0.0909. The second-order valence-corrected chi connectivity index (χ2v) is 3.27. The molecule has 0 saturated heterocycles. The van der Waals surface area contributed by atoms with Crippen molar-refractivity contribution in [3.8, 4) is 11.3 Å². The first-order valence-electron chi connectivity index (χ1n) is 4.47. The lowest BCUT2D eigenvalue weighted by Gasteiger charge is -2.02. The van der Waals surface area contributed by atoms with Gasteiger partial charge in [0.15, 0.2) is 0 Å². The van der Waals surface area contributed by atoms with Gasteiger partial charge in [-0.25, -0.2) is 4.39 Å². The molecule has 3 nitrogen and oxygen atoms in total. The van der Waals surface area contributed by atoms with Gasteiger partial charge in [0.1, 0.15) is 5.82 Å². The topological polar surface area (TPSA) is 45.8 Å². The molecule has 0 amide bonds. The van der Waals surface area contributed by atoms with Crippen LogP contribution in [0, 0.1) is 12.7 Å². The van der Waals surface area contributed by atoms with Crippen LogP contribution in [0.2, 0.25) is 0 Å². The third-order valence-corrected chi connectivity index (χ3v) is 2.14. The zero-order valence-corrected chi connectivity index (χ0v) is 8.12. The number of hydrogen-bond donors (Lipinski definition) is 1. The Labute approximate surface area is 85.6 Å². The summed E-state index contributed by atoms with van der Waals surface area (Å²) in [6, 6.07) is 4.78. The number of hydrogen-bond acceptors (Lipinski definition) is 2. The molecule has 2 aromatic rings. The van der Waals surface area contributed by atoms with E-state index in [2.05, 4.69) is 9.97 Å². The van der Waals surface area contributed by atoms with E-state index in [0.717, 1.165) is 0 Å². The molecule has 0 spiro atoms. The number of halogens is 1. The van der Waals surface area contributed by atoms with Crippen molar-refractivity contribution in [2.75, 3.05) is 0 Å². The molecule has 1 aromatic carbocycles. The highest BCUT2D eigenvalue weighted by Crippen LogP contribution is 2.17. The summed E-state index contributed by atoms with van der Waals surface area (Å²) < 4.78 is 13.3. The number of aromatic amines is 1. The van der Waals surface area contributed by atoms with E-state index in [1.807, 2.05) is 0 Å². The van der Waals surface area contributed by atoms with Gasteiger partial charge >= 0.3 is 0 Å². The minimum absolute atomic E-state index is 0.294. The van der Waals surface area contributed by atoms with Gasteiger partial charge in [-0.1, -0.05) is 12.1 Å². The lowest BCUT2D eigenvalue weighted by molar-refractivity contribution is 0.619. The summed E-state index contributed by atoms with van der Waals surface area (Å²) in [7, 11) is 0. The summed E-state index contributed by atoms with van der Waals surface area (Å²) in [6.45, 7) is 1.69. The quantitative estimate of drug-likeness (QED) is 0.770. The standard InChI is InChI=1S/C11H9FN2O/c1-7-2-3-8(4-9(7)12)10-5-13-6-11(15)14-10/h2-6H,1H3,(H,14,15). The zero-order chi connectivity index (χ0) is 10.8. The maximum absolute atomic E-state index is 13.3. The van der Waals surface area contributed by atoms with Crippen LogP contribution in [0.25, 0.3) is 11.3 Å². The van der Waals surface area contributed by atoms with Crippen molar-refractivity contribution in [1.29, 1.82) is 0 Å². The lowest BCUT2D eigenvalue weighted by Crippen LogP contribution is -2.05. The van der Waals surface area contributed by atoms with Crippen LogP contribution < -0.4 is 5.56 Å². The minimum atomic E-state index is -0.298. The predicted octanol–water partition coefficient (Wildman–Crippen LogP) is 1.88. The van der Waals surface area contributed by atoms with E-state index in [9.17, 15) is 9.18 Å². The number of aryl methyl sites for hydroxylation is 1. The van der Waals surface area contributed by atoms with Gasteiger partial charge in [-0.2, -0.15) is 0 Å². The van der Waals surface area contributed by atoms with Crippen LogP contribution in [0.15, 0.2) is 35.4 Å². The van der Waals surface area contributed by atoms with Gasteiger partial charge in [0.25, 0.3) is 5.56 Å². The number of rotatable bonds is 1. The Morgan fingerprint density at radius 1 is 1.33 bits per heavy atom. The Morgan fingerprint density at radius 3 is 2.80 bits per heavy atom. The average molecular weight is 204 g/mol. The van der Waals surface area contributed by atoms with E-state index < -0.39 is 0 Å². The van der Waals surface area contributed by atoms with Crippen LogP contribution in [-0.4, -0.2) is 9.97 Å². The summed E-state index contributed by atoms with van der Waals surface area (Å²) >= 11 is 0. The highest BCUT2D eigenvalue weighted by atomic mass is 19.1. The molecule has 0 aliphatic carbocycles. The monoisotopic (exact) mass is 204 g/mol. The van der Waals surface area contributed by atoms with E-state index in [1.165, 1.54) is 18.5 Å². The molecule has 0 bridgehead atoms. The van der Waals surface area contributed by atoms with Crippen LogP contribution in [-0.2, 0) is 0 Å². The molecule has 0 aliphatic rings. The Bertz CT molecular complexity index is 548. The molecule has 4 heteroatoms. The largest absolute Gasteiger partial charge is 0.319 e.